The second kappa shape index (κ2) is 8.31. The fourth-order valence-corrected chi connectivity index (χ4v) is 3.12. The van der Waals surface area contributed by atoms with E-state index in [0.29, 0.717) is 40.6 Å². The average molecular weight is 396 g/mol. The molecule has 1 N–H and O–H groups in total. The van der Waals surface area contributed by atoms with Gasteiger partial charge in [0, 0.05) is 23.8 Å². The normalized spacial score (nSPS) is 10.7. The van der Waals surface area contributed by atoms with Gasteiger partial charge in [0.1, 0.15) is 39.7 Å². The lowest BCUT2D eigenvalue weighted by Crippen LogP contribution is -2.11. The van der Waals surface area contributed by atoms with Gasteiger partial charge in [-0.3, -0.25) is 4.79 Å². The number of hydrogen-bond donors (Lipinski definition) is 1. The number of methoxy groups -OCH3 is 3. The highest BCUT2D eigenvalue weighted by molar-refractivity contribution is 5.88. The number of rotatable bonds is 6. The van der Waals surface area contributed by atoms with E-state index in [9.17, 15) is 9.90 Å². The van der Waals surface area contributed by atoms with Crippen molar-refractivity contribution in [2.24, 2.45) is 0 Å². The maximum Gasteiger partial charge on any atom is 0.200 e. The van der Waals surface area contributed by atoms with Crippen LogP contribution in [-0.4, -0.2) is 26.4 Å². The fourth-order valence-electron chi connectivity index (χ4n) is 3.12. The maximum atomic E-state index is 13.3. The van der Waals surface area contributed by atoms with Crippen LogP contribution in [0, 0.1) is 0 Å². The molecule has 0 radical (unpaired) electrons. The molecule has 0 saturated carbocycles. The Kier molecular flexibility index (Phi) is 5.82. The number of phenols is 1. The molecule has 6 nitrogen and oxygen atoms in total. The average Bonchev–Trinajstić information content (AvgIpc) is 2.71. The molecule has 3 aromatic rings. The van der Waals surface area contributed by atoms with E-state index in [2.05, 4.69) is 0 Å². The summed E-state index contributed by atoms with van der Waals surface area (Å²) in [5, 5.41) is 10.5. The van der Waals surface area contributed by atoms with Crippen LogP contribution in [0.25, 0.3) is 22.3 Å². The van der Waals surface area contributed by atoms with Gasteiger partial charge in [-0.1, -0.05) is 11.6 Å². The van der Waals surface area contributed by atoms with E-state index in [4.69, 9.17) is 18.6 Å². The summed E-state index contributed by atoms with van der Waals surface area (Å²) < 4.78 is 22.1. The molecular weight excluding hydrogens is 372 g/mol. The second-order valence-electron chi connectivity index (χ2n) is 6.81. The quantitative estimate of drug-likeness (QED) is 0.609. The lowest BCUT2D eigenvalue weighted by Gasteiger charge is -2.14. The Morgan fingerprint density at radius 1 is 1.03 bits per heavy atom. The van der Waals surface area contributed by atoms with Crippen LogP contribution in [0.3, 0.4) is 0 Å². The number of allylic oxidation sites excluding steroid dienone is 2. The summed E-state index contributed by atoms with van der Waals surface area (Å²) in [5.74, 6) is 1.73. The van der Waals surface area contributed by atoms with Crippen LogP contribution in [0.4, 0.5) is 0 Å². The predicted octanol–water partition coefficient (Wildman–Crippen LogP) is 4.70. The monoisotopic (exact) mass is 396 g/mol. The van der Waals surface area contributed by atoms with Crippen molar-refractivity contribution < 1.29 is 23.7 Å². The lowest BCUT2D eigenvalue weighted by atomic mass is 10.00. The van der Waals surface area contributed by atoms with Crippen LogP contribution in [0.2, 0.25) is 0 Å². The van der Waals surface area contributed by atoms with Gasteiger partial charge in [0.2, 0.25) is 5.43 Å². The molecular formula is C23H24O6. The molecule has 0 bridgehead atoms. The van der Waals surface area contributed by atoms with E-state index in [1.807, 2.05) is 19.9 Å². The van der Waals surface area contributed by atoms with Gasteiger partial charge in [0.25, 0.3) is 0 Å². The SMILES string of the molecule is COc1ccc(-c2oc3cc(OC)cc(O)c3c(=O)c2CC=C(C)C)c(OC)c1. The predicted molar refractivity (Wildman–Crippen MR) is 112 cm³/mol. The first kappa shape index (κ1) is 20.3. The largest absolute Gasteiger partial charge is 0.507 e. The third kappa shape index (κ3) is 3.92. The zero-order valence-electron chi connectivity index (χ0n) is 17.2. The number of phenolic OH excluding ortho intramolecular Hbond substituents is 1. The van der Waals surface area contributed by atoms with Crippen LogP contribution in [-0.2, 0) is 6.42 Å². The van der Waals surface area contributed by atoms with Crippen molar-refractivity contribution in [1.29, 1.82) is 0 Å². The minimum absolute atomic E-state index is 0.124. The highest BCUT2D eigenvalue weighted by atomic mass is 16.5. The van der Waals surface area contributed by atoms with Gasteiger partial charge in [-0.25, -0.2) is 0 Å². The Balaban J connectivity index is 2.39. The molecule has 29 heavy (non-hydrogen) atoms. The van der Waals surface area contributed by atoms with E-state index in [-0.39, 0.29) is 22.1 Å². The number of fused-ring (bicyclic) bond motifs is 1. The fraction of sp³-hybridized carbons (Fsp3) is 0.261. The molecule has 0 amide bonds. The summed E-state index contributed by atoms with van der Waals surface area (Å²) in [7, 11) is 4.59. The van der Waals surface area contributed by atoms with Crippen molar-refractivity contribution in [2.75, 3.05) is 21.3 Å². The first-order chi connectivity index (χ1) is 13.9. The van der Waals surface area contributed by atoms with E-state index in [0.717, 1.165) is 5.57 Å². The smallest absolute Gasteiger partial charge is 0.200 e. The summed E-state index contributed by atoms with van der Waals surface area (Å²) >= 11 is 0. The van der Waals surface area contributed by atoms with E-state index < -0.39 is 0 Å². The molecule has 1 heterocycles. The van der Waals surface area contributed by atoms with Crippen LogP contribution in [0.1, 0.15) is 19.4 Å². The van der Waals surface area contributed by atoms with E-state index >= 15 is 0 Å². The Morgan fingerprint density at radius 2 is 1.76 bits per heavy atom. The first-order valence-corrected chi connectivity index (χ1v) is 9.12. The van der Waals surface area contributed by atoms with Crippen LogP contribution >= 0.6 is 0 Å². The molecule has 152 valence electrons. The van der Waals surface area contributed by atoms with Crippen molar-refractivity contribution in [2.45, 2.75) is 20.3 Å². The van der Waals surface area contributed by atoms with Gasteiger partial charge in [-0.05, 0) is 32.4 Å². The molecule has 1 aromatic heterocycles. The summed E-state index contributed by atoms with van der Waals surface area (Å²) in [6.45, 7) is 3.91. The second-order valence-corrected chi connectivity index (χ2v) is 6.81. The zero-order valence-corrected chi connectivity index (χ0v) is 17.2. The van der Waals surface area contributed by atoms with Crippen LogP contribution in [0.15, 0.2) is 51.2 Å². The van der Waals surface area contributed by atoms with Crippen LogP contribution < -0.4 is 19.6 Å². The molecule has 0 spiro atoms. The number of hydrogen-bond acceptors (Lipinski definition) is 6. The molecule has 0 fully saturated rings. The minimum Gasteiger partial charge on any atom is -0.507 e. The van der Waals surface area contributed by atoms with Crippen molar-refractivity contribution >= 4 is 11.0 Å². The maximum absolute atomic E-state index is 13.3. The molecule has 2 aromatic carbocycles. The third-order valence-corrected chi connectivity index (χ3v) is 4.65. The van der Waals surface area contributed by atoms with Crippen molar-refractivity contribution in [3.05, 3.63) is 57.8 Å². The van der Waals surface area contributed by atoms with Gasteiger partial charge in [0.05, 0.1) is 26.9 Å². The summed E-state index contributed by atoms with van der Waals surface area (Å²) in [6.07, 6.45) is 2.30. The summed E-state index contributed by atoms with van der Waals surface area (Å²) in [4.78, 5) is 13.3. The first-order valence-electron chi connectivity index (χ1n) is 9.12. The summed E-state index contributed by atoms with van der Waals surface area (Å²) in [6, 6.07) is 8.27. The zero-order chi connectivity index (χ0) is 21.1. The number of aromatic hydroxyl groups is 1. The van der Waals surface area contributed by atoms with Gasteiger partial charge < -0.3 is 23.7 Å². The van der Waals surface area contributed by atoms with Crippen LogP contribution in [0.5, 0.6) is 23.0 Å². The standard InChI is InChI=1S/C23H24O6/c1-13(2)6-8-17-22(25)21-18(24)10-15(27-4)12-20(21)29-23(17)16-9-7-14(26-3)11-19(16)28-5/h6-7,9-12,24H,8H2,1-5H3. The van der Waals surface area contributed by atoms with E-state index in [1.165, 1.54) is 13.2 Å². The Morgan fingerprint density at radius 3 is 2.38 bits per heavy atom. The van der Waals surface area contributed by atoms with Gasteiger partial charge in [-0.15, -0.1) is 0 Å². The minimum atomic E-state index is -0.295. The van der Waals surface area contributed by atoms with Gasteiger partial charge in [-0.2, -0.15) is 0 Å². The molecule has 0 atom stereocenters. The Bertz CT molecular complexity index is 1140. The number of ether oxygens (including phenoxy) is 3. The molecule has 0 aliphatic carbocycles. The molecule has 0 unspecified atom stereocenters. The molecule has 3 rings (SSSR count). The summed E-state index contributed by atoms with van der Waals surface area (Å²) in [5.41, 5.74) is 2.06. The lowest BCUT2D eigenvalue weighted by molar-refractivity contribution is 0.394. The molecule has 6 heteroatoms. The van der Waals surface area contributed by atoms with Crippen molar-refractivity contribution in [3.8, 4) is 34.3 Å². The highest BCUT2D eigenvalue weighted by Gasteiger charge is 2.21. The Hall–Kier alpha value is -3.41. The van der Waals surface area contributed by atoms with Crippen molar-refractivity contribution in [1.82, 2.24) is 0 Å². The van der Waals surface area contributed by atoms with Crippen molar-refractivity contribution in [3.63, 3.8) is 0 Å². The Labute approximate surface area is 169 Å². The number of benzene rings is 2. The molecule has 0 aliphatic rings. The van der Waals surface area contributed by atoms with Gasteiger partial charge in [0.15, 0.2) is 0 Å². The van der Waals surface area contributed by atoms with Gasteiger partial charge >= 0.3 is 0 Å². The molecule has 0 aliphatic heterocycles. The third-order valence-electron chi connectivity index (χ3n) is 4.65. The highest BCUT2D eigenvalue weighted by Crippen LogP contribution is 2.38. The van der Waals surface area contributed by atoms with E-state index in [1.54, 1.807) is 38.5 Å². The topological polar surface area (TPSA) is 78.1 Å². The molecule has 0 saturated heterocycles.